The third-order valence-electron chi connectivity index (χ3n) is 5.10. The lowest BCUT2D eigenvalue weighted by Gasteiger charge is -2.36. The molecule has 0 aromatic heterocycles. The Kier molecular flexibility index (Phi) is 5.84. The van der Waals surface area contributed by atoms with Crippen molar-refractivity contribution in [2.24, 2.45) is 5.92 Å². The highest BCUT2D eigenvalue weighted by atomic mass is 16.3. The van der Waals surface area contributed by atoms with E-state index in [1.54, 1.807) is 0 Å². The maximum atomic E-state index is 9.92. The lowest BCUT2D eigenvalue weighted by Crippen LogP contribution is -2.53. The number of nitrogens with zero attached hydrogens (tertiary/aromatic N) is 2. The Morgan fingerprint density at radius 3 is 2.45 bits per heavy atom. The van der Waals surface area contributed by atoms with Gasteiger partial charge in [0.1, 0.15) is 0 Å². The van der Waals surface area contributed by atoms with Crippen LogP contribution >= 0.6 is 0 Å². The molecule has 0 amide bonds. The smallest absolute Gasteiger partial charge is 0.0616 e. The highest BCUT2D eigenvalue weighted by Gasteiger charge is 2.44. The molecule has 2 fully saturated rings. The second-order valence-corrected chi connectivity index (χ2v) is 7.22. The SMILES string of the molecule is CN(C)CCN(C)CCC1CCCC1(CO)NC1CC1. The number of hydrogen-bond donors (Lipinski definition) is 2. The Labute approximate surface area is 124 Å². The van der Waals surface area contributed by atoms with E-state index in [-0.39, 0.29) is 5.54 Å². The average molecular weight is 283 g/mol. The summed E-state index contributed by atoms with van der Waals surface area (Å²) in [6, 6.07) is 0.689. The third-order valence-corrected chi connectivity index (χ3v) is 5.10. The number of nitrogens with one attached hydrogen (secondary N) is 1. The molecular formula is C16H33N3O. The predicted octanol–water partition coefficient (Wildman–Crippen LogP) is 1.15. The van der Waals surface area contributed by atoms with E-state index in [0.717, 1.165) is 26.1 Å². The maximum absolute atomic E-state index is 9.92. The van der Waals surface area contributed by atoms with Gasteiger partial charge >= 0.3 is 0 Å². The minimum absolute atomic E-state index is 0.0313. The molecule has 2 aliphatic carbocycles. The van der Waals surface area contributed by atoms with Crippen LogP contribution in [-0.2, 0) is 0 Å². The van der Waals surface area contributed by atoms with Gasteiger partial charge < -0.3 is 20.2 Å². The molecule has 2 atom stereocenters. The predicted molar refractivity (Wildman–Crippen MR) is 84.0 cm³/mol. The quantitative estimate of drug-likeness (QED) is 0.666. The van der Waals surface area contributed by atoms with Crippen molar-refractivity contribution in [3.8, 4) is 0 Å². The Hall–Kier alpha value is -0.160. The van der Waals surface area contributed by atoms with Crippen molar-refractivity contribution in [1.82, 2.24) is 15.1 Å². The van der Waals surface area contributed by atoms with E-state index in [9.17, 15) is 5.11 Å². The van der Waals surface area contributed by atoms with Crippen molar-refractivity contribution >= 4 is 0 Å². The summed E-state index contributed by atoms with van der Waals surface area (Å²) in [6.45, 7) is 3.71. The first-order valence-electron chi connectivity index (χ1n) is 8.27. The standard InChI is InChI=1S/C16H33N3O/c1-18(2)11-12-19(3)10-8-14-5-4-9-16(14,13-20)17-15-6-7-15/h14-15,17,20H,4-13H2,1-3H3. The van der Waals surface area contributed by atoms with E-state index >= 15 is 0 Å². The summed E-state index contributed by atoms with van der Waals surface area (Å²) in [7, 11) is 6.47. The highest BCUT2D eigenvalue weighted by molar-refractivity contribution is 5.03. The fourth-order valence-corrected chi connectivity index (χ4v) is 3.50. The average Bonchev–Trinajstić information content (AvgIpc) is 3.13. The molecule has 4 nitrogen and oxygen atoms in total. The molecule has 20 heavy (non-hydrogen) atoms. The Morgan fingerprint density at radius 1 is 1.10 bits per heavy atom. The van der Waals surface area contributed by atoms with Crippen LogP contribution in [-0.4, -0.2) is 73.9 Å². The van der Waals surface area contributed by atoms with Gasteiger partial charge in [-0.1, -0.05) is 6.42 Å². The van der Waals surface area contributed by atoms with Crippen molar-refractivity contribution in [2.75, 3.05) is 47.4 Å². The van der Waals surface area contributed by atoms with E-state index in [0.29, 0.717) is 18.6 Å². The molecule has 0 radical (unpaired) electrons. The molecule has 0 heterocycles. The number of hydrogen-bond acceptors (Lipinski definition) is 4. The van der Waals surface area contributed by atoms with Gasteiger partial charge in [0.25, 0.3) is 0 Å². The molecule has 0 spiro atoms. The summed E-state index contributed by atoms with van der Waals surface area (Å²) >= 11 is 0. The van der Waals surface area contributed by atoms with Crippen LogP contribution in [0.4, 0.5) is 0 Å². The van der Waals surface area contributed by atoms with Crippen molar-refractivity contribution in [1.29, 1.82) is 0 Å². The Bertz CT molecular complexity index is 293. The largest absolute Gasteiger partial charge is 0.394 e. The van der Waals surface area contributed by atoms with E-state index < -0.39 is 0 Å². The molecule has 0 aromatic carbocycles. The summed E-state index contributed by atoms with van der Waals surface area (Å²) in [4.78, 5) is 4.66. The molecule has 0 saturated heterocycles. The van der Waals surface area contributed by atoms with Crippen LogP contribution in [0.15, 0.2) is 0 Å². The van der Waals surface area contributed by atoms with Crippen molar-refractivity contribution in [3.05, 3.63) is 0 Å². The molecular weight excluding hydrogens is 250 g/mol. The van der Waals surface area contributed by atoms with E-state index in [1.165, 1.54) is 32.1 Å². The van der Waals surface area contributed by atoms with Crippen LogP contribution in [0.25, 0.3) is 0 Å². The fourth-order valence-electron chi connectivity index (χ4n) is 3.50. The van der Waals surface area contributed by atoms with Gasteiger partial charge in [-0.3, -0.25) is 0 Å². The van der Waals surface area contributed by atoms with Crippen molar-refractivity contribution < 1.29 is 5.11 Å². The molecule has 0 bridgehead atoms. The Morgan fingerprint density at radius 2 is 1.85 bits per heavy atom. The minimum atomic E-state index is 0.0313. The molecule has 118 valence electrons. The summed E-state index contributed by atoms with van der Waals surface area (Å²) in [5.74, 6) is 0.648. The van der Waals surface area contributed by atoms with E-state index in [1.807, 2.05) is 0 Å². The van der Waals surface area contributed by atoms with Crippen LogP contribution in [0.5, 0.6) is 0 Å². The van der Waals surface area contributed by atoms with Gasteiger partial charge in [0.05, 0.1) is 6.61 Å². The summed E-state index contributed by atoms with van der Waals surface area (Å²) in [5, 5.41) is 13.7. The minimum Gasteiger partial charge on any atom is -0.394 e. The van der Waals surface area contributed by atoms with Crippen LogP contribution in [0, 0.1) is 5.92 Å². The van der Waals surface area contributed by atoms with Crippen molar-refractivity contribution in [2.45, 2.75) is 50.1 Å². The molecule has 2 saturated carbocycles. The van der Waals surface area contributed by atoms with Crippen molar-refractivity contribution in [3.63, 3.8) is 0 Å². The lowest BCUT2D eigenvalue weighted by molar-refractivity contribution is 0.111. The number of aliphatic hydroxyl groups excluding tert-OH is 1. The number of rotatable bonds is 9. The van der Waals surface area contributed by atoms with Gasteiger partial charge in [0.2, 0.25) is 0 Å². The maximum Gasteiger partial charge on any atom is 0.0616 e. The first-order chi connectivity index (χ1) is 9.55. The van der Waals surface area contributed by atoms with Crippen LogP contribution in [0.2, 0.25) is 0 Å². The zero-order chi connectivity index (χ0) is 14.6. The number of likely N-dealkylation sites (N-methyl/N-ethyl adjacent to an activating group) is 2. The second-order valence-electron chi connectivity index (χ2n) is 7.22. The summed E-state index contributed by atoms with van der Waals surface area (Å²) in [5.41, 5.74) is 0.0313. The third kappa shape index (κ3) is 4.42. The molecule has 0 aliphatic heterocycles. The first kappa shape index (κ1) is 16.2. The summed E-state index contributed by atoms with van der Waals surface area (Å²) in [6.07, 6.45) is 7.53. The first-order valence-corrected chi connectivity index (χ1v) is 8.27. The van der Waals surface area contributed by atoms with Gasteiger partial charge in [-0.05, 0) is 65.7 Å². The normalized spacial score (nSPS) is 30.6. The molecule has 2 aliphatic rings. The zero-order valence-electron chi connectivity index (χ0n) is 13.6. The number of aliphatic hydroxyl groups is 1. The topological polar surface area (TPSA) is 38.7 Å². The van der Waals surface area contributed by atoms with Gasteiger partial charge in [0.15, 0.2) is 0 Å². The molecule has 0 aromatic rings. The summed E-state index contributed by atoms with van der Waals surface area (Å²) < 4.78 is 0. The van der Waals surface area contributed by atoms with Crippen LogP contribution in [0.3, 0.4) is 0 Å². The Balaban J connectivity index is 1.77. The monoisotopic (exact) mass is 283 g/mol. The van der Waals surface area contributed by atoms with Gasteiger partial charge in [0, 0.05) is 24.7 Å². The van der Waals surface area contributed by atoms with Gasteiger partial charge in [-0.15, -0.1) is 0 Å². The van der Waals surface area contributed by atoms with E-state index in [4.69, 9.17) is 0 Å². The van der Waals surface area contributed by atoms with Crippen LogP contribution in [0.1, 0.15) is 38.5 Å². The lowest BCUT2D eigenvalue weighted by atomic mass is 9.85. The fraction of sp³-hybridized carbons (Fsp3) is 1.00. The highest BCUT2D eigenvalue weighted by Crippen LogP contribution is 2.40. The molecule has 4 heteroatoms. The molecule has 2 rings (SSSR count). The van der Waals surface area contributed by atoms with E-state index in [2.05, 4.69) is 36.3 Å². The molecule has 2 unspecified atom stereocenters. The van der Waals surface area contributed by atoms with Crippen LogP contribution < -0.4 is 5.32 Å². The second kappa shape index (κ2) is 7.21. The zero-order valence-corrected chi connectivity index (χ0v) is 13.6. The van der Waals surface area contributed by atoms with Gasteiger partial charge in [-0.25, -0.2) is 0 Å². The molecule has 2 N–H and O–H groups in total. The van der Waals surface area contributed by atoms with Gasteiger partial charge in [-0.2, -0.15) is 0 Å².